The van der Waals surface area contributed by atoms with Crippen molar-refractivity contribution in [2.24, 2.45) is 20.0 Å². The lowest BCUT2D eigenvalue weighted by atomic mass is 9.79. The van der Waals surface area contributed by atoms with Crippen LogP contribution in [0.25, 0.3) is 33.4 Å². The summed E-state index contributed by atoms with van der Waals surface area (Å²) in [5.41, 5.74) is 18.5. The third-order valence-corrected chi connectivity index (χ3v) is 14.4. The number of nitrogens with zero attached hydrogens (tertiary/aromatic N) is 6. The molecule has 61 heavy (non-hydrogen) atoms. The van der Waals surface area contributed by atoms with Crippen molar-refractivity contribution < 1.29 is 18.3 Å². The van der Waals surface area contributed by atoms with Crippen LogP contribution in [0, 0.1) is 19.8 Å². The number of aryl methyl sites for hydroxylation is 8. The lowest BCUT2D eigenvalue weighted by Crippen LogP contribution is -2.39. The minimum atomic E-state index is 0.190. The van der Waals surface area contributed by atoms with Gasteiger partial charge in [-0.05, 0) is 138 Å². The highest BCUT2D eigenvalue weighted by molar-refractivity contribution is 5.94. The molecule has 6 aromatic rings. The summed E-state index contributed by atoms with van der Waals surface area (Å²) in [6.07, 6.45) is 28.4. The number of allylic oxidation sites excluding steroid dienone is 1. The van der Waals surface area contributed by atoms with Crippen molar-refractivity contribution >= 4 is 23.6 Å². The second kappa shape index (κ2) is 16.2. The van der Waals surface area contributed by atoms with Gasteiger partial charge in [0.05, 0.1) is 27.2 Å². The molecule has 1 aliphatic carbocycles. The maximum Gasteiger partial charge on any atom is 0.350 e. The predicted molar refractivity (Wildman–Crippen MR) is 248 cm³/mol. The molecule has 4 aliphatic rings. The van der Waals surface area contributed by atoms with E-state index in [0.29, 0.717) is 12.1 Å². The third-order valence-electron chi connectivity index (χ3n) is 14.4. The number of imidazole rings is 2. The summed E-state index contributed by atoms with van der Waals surface area (Å²) in [5.74, 6) is 0.217. The first-order valence-corrected chi connectivity index (χ1v) is 22.8. The molecule has 10 rings (SSSR count). The number of hydrogen-bond acceptors (Lipinski definition) is 0. The van der Waals surface area contributed by atoms with E-state index in [2.05, 4.69) is 178 Å². The molecule has 1 saturated heterocycles. The van der Waals surface area contributed by atoms with Gasteiger partial charge in [0.1, 0.15) is 30.7 Å². The second-order valence-electron chi connectivity index (χ2n) is 18.6. The van der Waals surface area contributed by atoms with Crippen LogP contribution >= 0.6 is 0 Å². The van der Waals surface area contributed by atoms with Crippen LogP contribution in [0.3, 0.4) is 0 Å². The average molecular weight is 807 g/mol. The lowest BCUT2D eigenvalue weighted by molar-refractivity contribution is -0.723. The molecule has 6 nitrogen and oxygen atoms in total. The molecule has 308 valence electrons. The van der Waals surface area contributed by atoms with Crippen molar-refractivity contribution in [2.75, 3.05) is 0 Å². The Bertz CT molecular complexity index is 2750. The number of rotatable bonds is 10. The minimum absolute atomic E-state index is 0.190. The molecule has 3 aliphatic heterocycles. The molecule has 0 spiro atoms. The Balaban J connectivity index is 1.03. The maximum atomic E-state index is 5.02. The fraction of sp³-hybridized carbons (Fsp3) is 0.345. The number of aromatic nitrogens is 4. The van der Waals surface area contributed by atoms with Crippen LogP contribution in [-0.4, -0.2) is 49.0 Å². The molecule has 4 unspecified atom stereocenters. The predicted octanol–water partition coefficient (Wildman–Crippen LogP) is 9.43. The van der Waals surface area contributed by atoms with E-state index in [0.717, 1.165) is 45.2 Å². The first-order chi connectivity index (χ1) is 29.7. The van der Waals surface area contributed by atoms with E-state index in [9.17, 15) is 0 Å². The Morgan fingerprint density at radius 2 is 1.13 bits per heavy atom. The molecule has 2 fully saturated rings. The first-order valence-electron chi connectivity index (χ1n) is 22.8. The zero-order chi connectivity index (χ0) is 41.8. The van der Waals surface area contributed by atoms with Crippen molar-refractivity contribution in [3.8, 4) is 22.3 Å². The van der Waals surface area contributed by atoms with Gasteiger partial charge in [0.2, 0.25) is 24.7 Å². The van der Waals surface area contributed by atoms with Crippen LogP contribution in [-0.2, 0) is 40.0 Å². The SMILES string of the molecule is C=C1CC2C(=C)c3c(C)cc(-c4ccccc4CCCn4cc[n+](C)c4)cc3C=[N+]3C4CCCCC4[N+](=Cc4cc(-c5ccccc5CCCn5cc[n+](C)c5)cc(C)c41)C23. The minimum Gasteiger partial charge on any atom is -0.240 e. The summed E-state index contributed by atoms with van der Waals surface area (Å²) < 4.78 is 14.4. The van der Waals surface area contributed by atoms with Crippen LogP contribution in [0.4, 0.5) is 0 Å². The zero-order valence-corrected chi connectivity index (χ0v) is 36.7. The smallest absolute Gasteiger partial charge is 0.240 e. The van der Waals surface area contributed by atoms with Gasteiger partial charge in [-0.3, -0.25) is 0 Å². The van der Waals surface area contributed by atoms with E-state index in [4.69, 9.17) is 13.2 Å². The Hall–Kier alpha value is -5.88. The molecule has 0 bridgehead atoms. The molecule has 0 radical (unpaired) electrons. The summed E-state index contributed by atoms with van der Waals surface area (Å²) in [5, 5.41) is 0. The van der Waals surface area contributed by atoms with E-state index < -0.39 is 0 Å². The van der Waals surface area contributed by atoms with E-state index in [1.54, 1.807) is 0 Å². The fourth-order valence-electron chi connectivity index (χ4n) is 11.7. The monoisotopic (exact) mass is 807 g/mol. The topological polar surface area (TPSA) is 23.6 Å². The van der Waals surface area contributed by atoms with Crippen LogP contribution in [0.1, 0.15) is 89.5 Å². The molecule has 0 amide bonds. The van der Waals surface area contributed by atoms with Gasteiger partial charge in [0.15, 0.2) is 12.4 Å². The summed E-state index contributed by atoms with van der Waals surface area (Å²) in [4.78, 5) is 0. The standard InChI is InChI=1S/C55H62N6/c1-38-29-44(48-19-9-7-15-42(48)17-13-23-58-27-25-56(5)36-58)32-46-34-60-51-21-11-12-22-52(51)61-35-47-33-45(30-39(2)54(47)41(4)50(55(60)61)31-40(3)53(38)46)49-20-10-8-16-43(49)18-14-24-59-28-26-57(6)37-59/h7-10,15-16,19-20,25-30,32-37,50-52,55H,3-4,11-14,17-18,21-24,31H2,1-2,5-6H3/q+4. The van der Waals surface area contributed by atoms with E-state index in [1.165, 1.54) is 104 Å². The molecule has 4 aromatic carbocycles. The Morgan fingerprint density at radius 1 is 0.639 bits per heavy atom. The average Bonchev–Trinajstić information content (AvgIpc) is 3.93. The Labute approximate surface area is 362 Å². The van der Waals surface area contributed by atoms with Crippen molar-refractivity contribution in [1.29, 1.82) is 0 Å². The van der Waals surface area contributed by atoms with Crippen molar-refractivity contribution in [2.45, 2.75) is 103 Å². The Morgan fingerprint density at radius 3 is 1.64 bits per heavy atom. The normalized spacial score (nSPS) is 20.5. The summed E-state index contributed by atoms with van der Waals surface area (Å²) in [7, 11) is 4.17. The van der Waals surface area contributed by atoms with Crippen molar-refractivity contribution in [3.63, 3.8) is 0 Å². The summed E-state index contributed by atoms with van der Waals surface area (Å²) in [6.45, 7) is 16.6. The van der Waals surface area contributed by atoms with Gasteiger partial charge in [-0.2, -0.15) is 9.15 Å². The molecule has 2 aromatic heterocycles. The highest BCUT2D eigenvalue weighted by atomic mass is 15.4. The van der Waals surface area contributed by atoms with Crippen LogP contribution in [0.15, 0.2) is 123 Å². The fourth-order valence-corrected chi connectivity index (χ4v) is 11.7. The van der Waals surface area contributed by atoms with Gasteiger partial charge < -0.3 is 0 Å². The molecule has 4 atom stereocenters. The van der Waals surface area contributed by atoms with Gasteiger partial charge in [0.25, 0.3) is 0 Å². The zero-order valence-electron chi connectivity index (χ0n) is 36.7. The highest BCUT2D eigenvalue weighted by Crippen LogP contribution is 2.47. The molecule has 5 heterocycles. The maximum absolute atomic E-state index is 5.02. The quantitative estimate of drug-likeness (QED) is 0.123. The van der Waals surface area contributed by atoms with Crippen molar-refractivity contribution in [1.82, 2.24) is 9.13 Å². The van der Waals surface area contributed by atoms with Crippen LogP contribution in [0.5, 0.6) is 0 Å². The molecule has 6 heteroatoms. The molecule has 1 saturated carbocycles. The largest absolute Gasteiger partial charge is 0.350 e. The highest BCUT2D eigenvalue weighted by Gasteiger charge is 2.61. The summed E-state index contributed by atoms with van der Waals surface area (Å²) in [6, 6.07) is 28.9. The Kier molecular flexibility index (Phi) is 10.4. The van der Waals surface area contributed by atoms with E-state index >= 15 is 0 Å². The van der Waals surface area contributed by atoms with Gasteiger partial charge >= 0.3 is 6.17 Å². The number of benzene rings is 4. The molecular weight excluding hydrogens is 745 g/mol. The first kappa shape index (κ1) is 39.3. The van der Waals surface area contributed by atoms with Gasteiger partial charge in [-0.15, -0.1) is 0 Å². The number of fused-ring (bicyclic) bond motifs is 5. The third kappa shape index (κ3) is 7.38. The molecular formula is C55H62N6+4. The van der Waals surface area contributed by atoms with Crippen molar-refractivity contribution in [3.05, 3.63) is 168 Å². The van der Waals surface area contributed by atoms with Gasteiger partial charge in [-0.1, -0.05) is 73.8 Å². The van der Waals surface area contributed by atoms with Gasteiger partial charge in [-0.25, -0.2) is 18.3 Å². The van der Waals surface area contributed by atoms with Crippen LogP contribution in [0.2, 0.25) is 0 Å². The summed E-state index contributed by atoms with van der Waals surface area (Å²) >= 11 is 0. The van der Waals surface area contributed by atoms with Gasteiger partial charge in [0, 0.05) is 24.0 Å². The molecule has 0 N–H and O–H groups in total. The van der Waals surface area contributed by atoms with Crippen LogP contribution < -0.4 is 9.13 Å². The lowest BCUT2D eigenvalue weighted by Gasteiger charge is -2.26. The number of hydrogen-bond donors (Lipinski definition) is 0. The van der Waals surface area contributed by atoms with E-state index in [1.807, 2.05) is 0 Å². The van der Waals surface area contributed by atoms with E-state index in [-0.39, 0.29) is 12.1 Å². The second-order valence-corrected chi connectivity index (χ2v) is 18.6.